The molecule has 2 heterocycles. The minimum atomic E-state index is -0.220. The van der Waals surface area contributed by atoms with E-state index in [-0.39, 0.29) is 35.5 Å². The second-order valence-electron chi connectivity index (χ2n) is 8.69. The Balaban J connectivity index is 1.38. The lowest BCUT2D eigenvalue weighted by molar-refractivity contribution is -0.140. The van der Waals surface area contributed by atoms with Gasteiger partial charge in [0.05, 0.1) is 24.6 Å². The van der Waals surface area contributed by atoms with E-state index in [4.69, 9.17) is 6.42 Å². The summed E-state index contributed by atoms with van der Waals surface area (Å²) in [6.07, 6.45) is 12.7. The van der Waals surface area contributed by atoms with Gasteiger partial charge in [-0.2, -0.15) is 10.1 Å². The highest BCUT2D eigenvalue weighted by Crippen LogP contribution is 2.65. The minimum absolute atomic E-state index is 0.133. The van der Waals surface area contributed by atoms with Crippen LogP contribution in [-0.2, 0) is 16.1 Å². The van der Waals surface area contributed by atoms with Gasteiger partial charge in [-0.05, 0) is 43.1 Å². The smallest absolute Gasteiger partial charge is 0.254 e. The molecule has 5 aliphatic rings. The summed E-state index contributed by atoms with van der Waals surface area (Å²) >= 11 is 0. The van der Waals surface area contributed by atoms with Gasteiger partial charge >= 0.3 is 0 Å². The van der Waals surface area contributed by atoms with Crippen LogP contribution in [0.5, 0.6) is 0 Å². The molecule has 29 heavy (non-hydrogen) atoms. The maximum Gasteiger partial charge on any atom is 0.254 e. The molecule has 144 valence electrons. The maximum absolute atomic E-state index is 13.1. The van der Waals surface area contributed by atoms with Gasteiger partial charge in [0.15, 0.2) is 0 Å². The van der Waals surface area contributed by atoms with E-state index in [0.717, 1.165) is 33.6 Å². The third-order valence-electron chi connectivity index (χ3n) is 7.47. The standard InChI is InChI=1S/C24H21N3O2/c1-3-10-26-13(2)19(14-6-4-5-7-20(14)26)12-25-27-23(28)21-15-8-9-16(18-11-17(15)18)22(21)24(27)29/h1,4-9,12,15-18,21-22H,10-11H2,2H3/b25-12-/t15-,16-,17-,18-,21-,22+/m0/s1. The molecule has 4 aliphatic carbocycles. The first-order chi connectivity index (χ1) is 14.1. The van der Waals surface area contributed by atoms with Gasteiger partial charge in [0.2, 0.25) is 0 Å². The lowest BCUT2D eigenvalue weighted by atomic mass is 9.63. The Hall–Kier alpha value is -3.13. The summed E-state index contributed by atoms with van der Waals surface area (Å²) in [4.78, 5) is 26.2. The number of amides is 2. The van der Waals surface area contributed by atoms with E-state index in [1.807, 2.05) is 31.2 Å². The molecule has 1 aliphatic heterocycles. The first kappa shape index (κ1) is 16.8. The zero-order valence-electron chi connectivity index (χ0n) is 16.2. The summed E-state index contributed by atoms with van der Waals surface area (Å²) in [6.45, 7) is 2.45. The largest absolute Gasteiger partial charge is 0.333 e. The van der Waals surface area contributed by atoms with E-state index in [1.54, 1.807) is 6.21 Å². The summed E-state index contributed by atoms with van der Waals surface area (Å²) in [6, 6.07) is 7.98. The number of nitrogens with zero attached hydrogens (tertiary/aromatic N) is 3. The Kier molecular flexibility index (Phi) is 3.30. The molecular formula is C24H21N3O2. The van der Waals surface area contributed by atoms with Crippen LogP contribution in [0.15, 0.2) is 41.5 Å². The van der Waals surface area contributed by atoms with E-state index >= 15 is 0 Å². The first-order valence-corrected chi connectivity index (χ1v) is 10.2. The van der Waals surface area contributed by atoms with Gasteiger partial charge < -0.3 is 4.57 Å². The van der Waals surface area contributed by atoms with Crippen molar-refractivity contribution in [1.82, 2.24) is 9.58 Å². The third-order valence-corrected chi connectivity index (χ3v) is 7.47. The number of para-hydroxylation sites is 1. The molecule has 2 bridgehead atoms. The Morgan fingerprint density at radius 1 is 1.14 bits per heavy atom. The summed E-state index contributed by atoms with van der Waals surface area (Å²) in [5.41, 5.74) is 2.90. The van der Waals surface area contributed by atoms with Crippen molar-refractivity contribution in [3.05, 3.63) is 47.7 Å². The van der Waals surface area contributed by atoms with Crippen LogP contribution in [0.25, 0.3) is 10.9 Å². The highest BCUT2D eigenvalue weighted by atomic mass is 16.2. The molecule has 1 saturated heterocycles. The fourth-order valence-electron chi connectivity index (χ4n) is 6.09. The number of imide groups is 1. The minimum Gasteiger partial charge on any atom is -0.333 e. The number of fused-ring (bicyclic) bond motifs is 1. The molecule has 2 saturated carbocycles. The number of hydrazone groups is 1. The molecule has 1 aromatic heterocycles. The van der Waals surface area contributed by atoms with Crippen molar-refractivity contribution in [3.63, 3.8) is 0 Å². The van der Waals surface area contributed by atoms with Crippen LogP contribution in [0, 0.1) is 54.8 Å². The predicted octanol–water partition coefficient (Wildman–Crippen LogP) is 2.97. The quantitative estimate of drug-likeness (QED) is 0.354. The van der Waals surface area contributed by atoms with Crippen LogP contribution < -0.4 is 0 Å². The number of hydrogen-bond acceptors (Lipinski definition) is 3. The second-order valence-corrected chi connectivity index (χ2v) is 8.69. The van der Waals surface area contributed by atoms with Crippen molar-refractivity contribution in [3.8, 4) is 12.3 Å². The van der Waals surface area contributed by atoms with E-state index in [0.29, 0.717) is 18.4 Å². The summed E-state index contributed by atoms with van der Waals surface area (Å²) in [5.74, 6) is 3.60. The van der Waals surface area contributed by atoms with Gasteiger partial charge in [-0.1, -0.05) is 36.3 Å². The monoisotopic (exact) mass is 383 g/mol. The van der Waals surface area contributed by atoms with Crippen molar-refractivity contribution in [2.24, 2.45) is 40.6 Å². The average molecular weight is 383 g/mol. The van der Waals surface area contributed by atoms with Gasteiger partial charge in [0.1, 0.15) is 0 Å². The average Bonchev–Trinajstić information content (AvgIpc) is 3.47. The van der Waals surface area contributed by atoms with E-state index in [1.165, 1.54) is 0 Å². The zero-order chi connectivity index (χ0) is 19.9. The summed E-state index contributed by atoms with van der Waals surface area (Å²) in [5, 5.41) is 6.57. The van der Waals surface area contributed by atoms with Crippen molar-refractivity contribution in [2.75, 3.05) is 0 Å². The highest BCUT2D eigenvalue weighted by molar-refractivity contribution is 6.08. The molecule has 2 amide bonds. The Morgan fingerprint density at radius 2 is 1.79 bits per heavy atom. The Bertz CT molecular complexity index is 1140. The van der Waals surface area contributed by atoms with E-state index in [9.17, 15) is 9.59 Å². The van der Waals surface area contributed by atoms with Crippen LogP contribution in [0.4, 0.5) is 0 Å². The molecule has 3 fully saturated rings. The van der Waals surface area contributed by atoms with Crippen molar-refractivity contribution >= 4 is 28.9 Å². The lowest BCUT2D eigenvalue weighted by Crippen LogP contribution is -2.40. The predicted molar refractivity (Wildman–Crippen MR) is 110 cm³/mol. The SMILES string of the molecule is C#CCn1c(C)c(/C=N\N2C(=O)[C@@H]3[C@H]4C=C[C@@H]([C@@H]5C[C@@H]45)[C@@H]3C2=O)c2ccccc21. The number of hydrogen-bond donors (Lipinski definition) is 0. The Morgan fingerprint density at radius 3 is 2.45 bits per heavy atom. The number of terminal acetylenes is 1. The maximum atomic E-state index is 13.1. The summed E-state index contributed by atoms with van der Waals surface area (Å²) in [7, 11) is 0. The topological polar surface area (TPSA) is 54.7 Å². The van der Waals surface area contributed by atoms with E-state index in [2.05, 4.69) is 27.7 Å². The van der Waals surface area contributed by atoms with Gasteiger partial charge in [0.25, 0.3) is 11.8 Å². The number of allylic oxidation sites excluding steroid dienone is 2. The number of carbonyl (C=O) groups is 2. The molecule has 0 N–H and O–H groups in total. The van der Waals surface area contributed by atoms with Gasteiger partial charge in [-0.3, -0.25) is 9.59 Å². The van der Waals surface area contributed by atoms with Crippen LogP contribution in [-0.4, -0.2) is 27.6 Å². The van der Waals surface area contributed by atoms with Crippen LogP contribution in [0.3, 0.4) is 0 Å². The first-order valence-electron chi connectivity index (χ1n) is 10.2. The van der Waals surface area contributed by atoms with Crippen molar-refractivity contribution < 1.29 is 9.59 Å². The zero-order valence-corrected chi connectivity index (χ0v) is 16.2. The molecule has 7 rings (SSSR count). The third kappa shape index (κ3) is 2.09. The highest BCUT2D eigenvalue weighted by Gasteiger charge is 2.67. The van der Waals surface area contributed by atoms with Crippen LogP contribution in [0.2, 0.25) is 0 Å². The van der Waals surface area contributed by atoms with E-state index < -0.39 is 0 Å². The molecule has 0 unspecified atom stereocenters. The molecule has 2 aromatic rings. The summed E-state index contributed by atoms with van der Waals surface area (Å²) < 4.78 is 2.06. The number of carbonyl (C=O) groups excluding carboxylic acids is 2. The van der Waals surface area contributed by atoms with Gasteiger partial charge in [-0.15, -0.1) is 6.42 Å². The van der Waals surface area contributed by atoms with Crippen molar-refractivity contribution in [1.29, 1.82) is 0 Å². The normalized spacial score (nSPS) is 34.1. The molecule has 5 nitrogen and oxygen atoms in total. The number of aromatic nitrogens is 1. The van der Waals surface area contributed by atoms with Gasteiger partial charge in [0, 0.05) is 22.2 Å². The second kappa shape index (κ2) is 5.70. The van der Waals surface area contributed by atoms with Gasteiger partial charge in [-0.25, -0.2) is 0 Å². The number of benzene rings is 1. The lowest BCUT2D eigenvalue weighted by Gasteiger charge is -2.37. The Labute approximate surface area is 169 Å². The molecule has 6 atom stereocenters. The molecule has 0 spiro atoms. The van der Waals surface area contributed by atoms with Crippen LogP contribution in [0.1, 0.15) is 17.7 Å². The fraction of sp³-hybridized carbons (Fsp3) is 0.375. The number of rotatable bonds is 3. The molecular weight excluding hydrogens is 362 g/mol. The molecule has 1 aromatic carbocycles. The van der Waals surface area contributed by atoms with Crippen molar-refractivity contribution in [2.45, 2.75) is 19.9 Å². The molecule has 5 heteroatoms. The fourth-order valence-corrected chi connectivity index (χ4v) is 6.09. The van der Waals surface area contributed by atoms with Crippen LogP contribution >= 0.6 is 0 Å². The molecule has 0 radical (unpaired) electrons.